The van der Waals surface area contributed by atoms with Gasteiger partial charge in [-0.2, -0.15) is 4.39 Å². The van der Waals surface area contributed by atoms with Crippen LogP contribution in [-0.4, -0.2) is 73.2 Å². The molecule has 1 atom stereocenters. The van der Waals surface area contributed by atoms with Crippen molar-refractivity contribution in [2.24, 2.45) is 4.99 Å². The van der Waals surface area contributed by atoms with E-state index < -0.39 is 11.6 Å². The number of piperazine rings is 1. The molecular formula is C33H37FN4O4. The molecule has 8 nitrogen and oxygen atoms in total. The molecule has 2 amide bonds. The smallest absolute Gasteiger partial charge is 0.410 e. The highest BCUT2D eigenvalue weighted by atomic mass is 19.1. The predicted octanol–water partition coefficient (Wildman–Crippen LogP) is 5.62. The van der Waals surface area contributed by atoms with E-state index in [1.165, 1.54) is 0 Å². The van der Waals surface area contributed by atoms with Crippen LogP contribution in [0, 0.1) is 0 Å². The number of amides is 2. The van der Waals surface area contributed by atoms with Gasteiger partial charge in [-0.15, -0.1) is 0 Å². The van der Waals surface area contributed by atoms with Crippen LogP contribution in [0.15, 0.2) is 71.7 Å². The van der Waals surface area contributed by atoms with Gasteiger partial charge in [0, 0.05) is 43.9 Å². The maximum atomic E-state index is 14.1. The third-order valence-corrected chi connectivity index (χ3v) is 7.44. The molecule has 9 heteroatoms. The minimum Gasteiger partial charge on any atom is -0.497 e. The minimum absolute atomic E-state index is 0.217. The van der Waals surface area contributed by atoms with E-state index in [2.05, 4.69) is 15.2 Å². The predicted molar refractivity (Wildman–Crippen MR) is 161 cm³/mol. The maximum Gasteiger partial charge on any atom is 0.410 e. The SMILES string of the molecule is COc1cccc(C(CN2CCN(C(=O)OC(C)(C)C)CC2)NC(=O)c2cccc(-c3ccc4c(c3)C(F)=NC4)c2)c1. The van der Waals surface area contributed by atoms with E-state index in [1.807, 2.05) is 75.4 Å². The lowest BCUT2D eigenvalue weighted by Crippen LogP contribution is -2.51. The lowest BCUT2D eigenvalue weighted by molar-refractivity contribution is 0.0139. The summed E-state index contributed by atoms with van der Waals surface area (Å²) in [6, 6.07) is 20.3. The van der Waals surface area contributed by atoms with Gasteiger partial charge in [-0.3, -0.25) is 14.7 Å². The van der Waals surface area contributed by atoms with Crippen molar-refractivity contribution < 1.29 is 23.5 Å². The fourth-order valence-electron chi connectivity index (χ4n) is 5.20. The Bertz CT molecular complexity index is 1490. The van der Waals surface area contributed by atoms with Crippen molar-refractivity contribution in [2.45, 2.75) is 39.0 Å². The number of aliphatic imine (C=N–C) groups is 1. The average Bonchev–Trinajstić information content (AvgIpc) is 3.36. The second-order valence-corrected chi connectivity index (χ2v) is 11.6. The van der Waals surface area contributed by atoms with E-state index in [9.17, 15) is 14.0 Å². The molecule has 42 heavy (non-hydrogen) atoms. The molecule has 0 saturated carbocycles. The number of nitrogens with zero attached hydrogens (tertiary/aromatic N) is 3. The summed E-state index contributed by atoms with van der Waals surface area (Å²) in [5.41, 5.74) is 3.89. The van der Waals surface area contributed by atoms with Crippen molar-refractivity contribution in [1.82, 2.24) is 15.1 Å². The summed E-state index contributed by atoms with van der Waals surface area (Å²) in [5.74, 6) is 0.0376. The molecule has 2 aliphatic heterocycles. The molecule has 2 aliphatic rings. The maximum absolute atomic E-state index is 14.1. The highest BCUT2D eigenvalue weighted by molar-refractivity contribution is 5.99. The van der Waals surface area contributed by atoms with Crippen molar-refractivity contribution in [3.63, 3.8) is 0 Å². The number of ether oxygens (including phenoxy) is 2. The number of rotatable bonds is 7. The Hall–Kier alpha value is -4.24. The Balaban J connectivity index is 1.31. The summed E-state index contributed by atoms with van der Waals surface area (Å²) >= 11 is 0. The van der Waals surface area contributed by atoms with Crippen LogP contribution in [0.3, 0.4) is 0 Å². The number of hydrogen-bond donors (Lipinski definition) is 1. The van der Waals surface area contributed by atoms with Crippen LogP contribution in [0.25, 0.3) is 11.1 Å². The van der Waals surface area contributed by atoms with E-state index in [0.29, 0.717) is 56.1 Å². The molecule has 5 rings (SSSR count). The molecule has 0 bridgehead atoms. The lowest BCUT2D eigenvalue weighted by atomic mass is 9.98. The molecule has 3 aromatic carbocycles. The van der Waals surface area contributed by atoms with Crippen molar-refractivity contribution in [3.05, 3.63) is 89.0 Å². The van der Waals surface area contributed by atoms with Gasteiger partial charge in [-0.05, 0) is 73.4 Å². The summed E-state index contributed by atoms with van der Waals surface area (Å²) in [7, 11) is 1.62. The van der Waals surface area contributed by atoms with E-state index in [0.717, 1.165) is 22.3 Å². The molecule has 0 radical (unpaired) electrons. The molecule has 220 valence electrons. The molecule has 1 fully saturated rings. The third-order valence-electron chi connectivity index (χ3n) is 7.44. The van der Waals surface area contributed by atoms with Crippen LogP contribution in [0.5, 0.6) is 5.75 Å². The first-order valence-corrected chi connectivity index (χ1v) is 14.2. The van der Waals surface area contributed by atoms with Gasteiger partial charge in [0.2, 0.25) is 5.97 Å². The Morgan fingerprint density at radius 2 is 1.71 bits per heavy atom. The first-order chi connectivity index (χ1) is 20.1. The summed E-state index contributed by atoms with van der Waals surface area (Å²) in [6.07, 6.45) is -0.307. The lowest BCUT2D eigenvalue weighted by Gasteiger charge is -2.37. The highest BCUT2D eigenvalue weighted by Crippen LogP contribution is 2.28. The quantitative estimate of drug-likeness (QED) is 0.398. The summed E-state index contributed by atoms with van der Waals surface area (Å²) in [6.45, 7) is 8.89. The zero-order valence-electron chi connectivity index (χ0n) is 24.5. The normalized spacial score (nSPS) is 15.9. The Morgan fingerprint density at radius 3 is 2.45 bits per heavy atom. The molecule has 1 N–H and O–H groups in total. The van der Waals surface area contributed by atoms with Crippen LogP contribution in [0.1, 0.15) is 53.9 Å². The minimum atomic E-state index is -0.543. The fraction of sp³-hybridized carbons (Fsp3) is 0.364. The van der Waals surface area contributed by atoms with Crippen molar-refractivity contribution in [1.29, 1.82) is 0 Å². The van der Waals surface area contributed by atoms with Crippen LogP contribution in [-0.2, 0) is 11.3 Å². The van der Waals surface area contributed by atoms with Crippen LogP contribution >= 0.6 is 0 Å². The number of benzene rings is 3. The first-order valence-electron chi connectivity index (χ1n) is 14.2. The van der Waals surface area contributed by atoms with Gasteiger partial charge >= 0.3 is 6.09 Å². The van der Waals surface area contributed by atoms with Gasteiger partial charge in [0.15, 0.2) is 0 Å². The van der Waals surface area contributed by atoms with E-state index in [-0.39, 0.29) is 18.0 Å². The number of halogens is 1. The van der Waals surface area contributed by atoms with E-state index in [1.54, 1.807) is 24.1 Å². The van der Waals surface area contributed by atoms with Gasteiger partial charge in [-0.1, -0.05) is 36.4 Å². The Morgan fingerprint density at radius 1 is 0.976 bits per heavy atom. The van der Waals surface area contributed by atoms with Crippen LogP contribution < -0.4 is 10.1 Å². The molecule has 0 aromatic heterocycles. The van der Waals surface area contributed by atoms with Crippen LogP contribution in [0.4, 0.5) is 9.18 Å². The average molecular weight is 573 g/mol. The summed E-state index contributed by atoms with van der Waals surface area (Å²) < 4.78 is 25.1. The topological polar surface area (TPSA) is 83.5 Å². The number of fused-ring (bicyclic) bond motifs is 1. The summed E-state index contributed by atoms with van der Waals surface area (Å²) in [4.78, 5) is 34.0. The summed E-state index contributed by atoms with van der Waals surface area (Å²) in [5, 5.41) is 3.22. The fourth-order valence-corrected chi connectivity index (χ4v) is 5.20. The van der Waals surface area contributed by atoms with Gasteiger partial charge in [0.1, 0.15) is 11.4 Å². The zero-order valence-corrected chi connectivity index (χ0v) is 24.5. The van der Waals surface area contributed by atoms with Gasteiger partial charge in [-0.25, -0.2) is 4.79 Å². The highest BCUT2D eigenvalue weighted by Gasteiger charge is 2.28. The molecule has 1 unspecified atom stereocenters. The molecular weight excluding hydrogens is 535 g/mol. The van der Waals surface area contributed by atoms with Crippen molar-refractivity contribution in [3.8, 4) is 16.9 Å². The van der Waals surface area contributed by atoms with E-state index >= 15 is 0 Å². The van der Waals surface area contributed by atoms with Gasteiger partial charge in [0.25, 0.3) is 5.91 Å². The van der Waals surface area contributed by atoms with Crippen molar-refractivity contribution in [2.75, 3.05) is 39.8 Å². The number of carbonyl (C=O) groups excluding carboxylic acids is 2. The molecule has 0 aliphatic carbocycles. The Labute approximate surface area is 246 Å². The van der Waals surface area contributed by atoms with Gasteiger partial charge in [0.05, 0.1) is 19.7 Å². The second-order valence-electron chi connectivity index (χ2n) is 11.6. The third kappa shape index (κ3) is 6.97. The number of carbonyl (C=O) groups is 2. The monoisotopic (exact) mass is 572 g/mol. The van der Waals surface area contributed by atoms with Gasteiger partial charge < -0.3 is 19.7 Å². The molecule has 3 aromatic rings. The first kappa shape index (κ1) is 29.3. The van der Waals surface area contributed by atoms with Crippen molar-refractivity contribution >= 4 is 18.0 Å². The number of hydrogen-bond acceptors (Lipinski definition) is 6. The molecule has 0 spiro atoms. The van der Waals surface area contributed by atoms with E-state index in [4.69, 9.17) is 9.47 Å². The standard InChI is InChI=1S/C33H37FN4O4/c1-33(2,3)42-32(40)38-15-13-37(14-16-38)21-29(24-8-6-10-27(18-24)41-4)36-31(39)25-9-5-7-22(17-25)23-11-12-26-20-35-30(34)28(26)19-23/h5-12,17-19,29H,13-16,20-21H2,1-4H3,(H,36,39). The Kier molecular flexibility index (Phi) is 8.59. The molecule has 2 heterocycles. The number of nitrogens with one attached hydrogen (secondary N) is 1. The van der Waals surface area contributed by atoms with Crippen LogP contribution in [0.2, 0.25) is 0 Å². The largest absolute Gasteiger partial charge is 0.497 e. The number of methoxy groups -OCH3 is 1. The second kappa shape index (κ2) is 12.3. The molecule has 1 saturated heterocycles. The zero-order chi connectivity index (χ0) is 29.9.